The number of fused-ring (bicyclic) bond motifs is 1. The van der Waals surface area contributed by atoms with Gasteiger partial charge in [-0.05, 0) is 57.9 Å². The summed E-state index contributed by atoms with van der Waals surface area (Å²) in [5.74, 6) is 1.23. The molecule has 0 aliphatic carbocycles. The maximum atomic E-state index is 13.7. The molecular formula is C22H35F2N5O. The standard InChI is InChI=1S/C22H35F2N5O/c1-3-17-6-4-5-9-28(17)14-21(30)27-10-7-16(8-11-27)18-13-19(22(23)24)29-20(25-18)12-15(2)26-29/h12,16-19,22,25H,3-11,13-14H2,1-2H3/t17?,18-,19+/m0/s1. The first-order valence-corrected chi connectivity index (χ1v) is 11.6. The van der Waals surface area contributed by atoms with Crippen molar-refractivity contribution in [3.05, 3.63) is 11.8 Å². The number of aromatic nitrogens is 2. The largest absolute Gasteiger partial charge is 0.367 e. The van der Waals surface area contributed by atoms with Crippen LogP contribution in [0.15, 0.2) is 6.07 Å². The second kappa shape index (κ2) is 9.20. The summed E-state index contributed by atoms with van der Waals surface area (Å²) >= 11 is 0. The van der Waals surface area contributed by atoms with Crippen molar-refractivity contribution in [1.82, 2.24) is 19.6 Å². The van der Waals surface area contributed by atoms with Gasteiger partial charge in [-0.15, -0.1) is 0 Å². The van der Waals surface area contributed by atoms with Crippen molar-refractivity contribution in [1.29, 1.82) is 0 Å². The van der Waals surface area contributed by atoms with Gasteiger partial charge in [0.05, 0.1) is 12.2 Å². The predicted molar refractivity (Wildman–Crippen MR) is 113 cm³/mol. The molecule has 2 saturated heterocycles. The zero-order valence-corrected chi connectivity index (χ0v) is 18.2. The van der Waals surface area contributed by atoms with E-state index in [2.05, 4.69) is 22.2 Å². The number of hydrogen-bond acceptors (Lipinski definition) is 4. The van der Waals surface area contributed by atoms with Gasteiger partial charge in [-0.1, -0.05) is 13.3 Å². The number of halogens is 2. The number of carbonyl (C=O) groups excluding carboxylic acids is 1. The molecule has 3 aliphatic rings. The van der Waals surface area contributed by atoms with E-state index >= 15 is 0 Å². The lowest BCUT2D eigenvalue weighted by Gasteiger charge is -2.41. The summed E-state index contributed by atoms with van der Waals surface area (Å²) in [4.78, 5) is 17.2. The van der Waals surface area contributed by atoms with E-state index in [-0.39, 0.29) is 11.9 Å². The fraction of sp³-hybridized carbons (Fsp3) is 0.818. The molecule has 0 spiro atoms. The zero-order chi connectivity index (χ0) is 21.3. The lowest BCUT2D eigenvalue weighted by Crippen LogP contribution is -2.50. The Kier molecular flexibility index (Phi) is 6.60. The highest BCUT2D eigenvalue weighted by Crippen LogP contribution is 2.37. The van der Waals surface area contributed by atoms with Gasteiger partial charge in [0.1, 0.15) is 11.9 Å². The molecule has 1 aromatic rings. The van der Waals surface area contributed by atoms with Crippen molar-refractivity contribution in [3.8, 4) is 0 Å². The monoisotopic (exact) mass is 423 g/mol. The second-order valence-electron chi connectivity index (χ2n) is 9.25. The van der Waals surface area contributed by atoms with Crippen LogP contribution >= 0.6 is 0 Å². The second-order valence-corrected chi connectivity index (χ2v) is 9.25. The third-order valence-corrected chi connectivity index (χ3v) is 7.31. The van der Waals surface area contributed by atoms with Crippen LogP contribution in [0.4, 0.5) is 14.6 Å². The molecule has 0 bridgehead atoms. The number of likely N-dealkylation sites (tertiary alicyclic amines) is 2. The lowest BCUT2D eigenvalue weighted by molar-refractivity contribution is -0.134. The minimum absolute atomic E-state index is 0.0106. The Morgan fingerprint density at radius 1 is 1.23 bits per heavy atom. The first kappa shape index (κ1) is 21.5. The molecule has 2 fully saturated rings. The number of anilines is 1. The number of aryl methyl sites for hydroxylation is 1. The summed E-state index contributed by atoms with van der Waals surface area (Å²) < 4.78 is 28.8. The Balaban J connectivity index is 1.32. The van der Waals surface area contributed by atoms with E-state index in [0.29, 0.717) is 30.7 Å². The normalized spacial score (nSPS) is 28.4. The van der Waals surface area contributed by atoms with Gasteiger partial charge in [-0.2, -0.15) is 5.10 Å². The minimum Gasteiger partial charge on any atom is -0.367 e. The van der Waals surface area contributed by atoms with Gasteiger partial charge in [0, 0.05) is 31.2 Å². The third kappa shape index (κ3) is 4.48. The molecule has 1 amide bonds. The van der Waals surface area contributed by atoms with Gasteiger partial charge >= 0.3 is 0 Å². The Labute approximate surface area is 178 Å². The van der Waals surface area contributed by atoms with Crippen LogP contribution < -0.4 is 5.32 Å². The van der Waals surface area contributed by atoms with E-state index in [1.165, 1.54) is 23.9 Å². The molecule has 0 aromatic carbocycles. The van der Waals surface area contributed by atoms with Crippen molar-refractivity contribution < 1.29 is 13.6 Å². The molecule has 0 radical (unpaired) electrons. The molecule has 3 atom stereocenters. The topological polar surface area (TPSA) is 53.4 Å². The van der Waals surface area contributed by atoms with Crippen molar-refractivity contribution >= 4 is 11.7 Å². The van der Waals surface area contributed by atoms with E-state index in [1.807, 2.05) is 17.9 Å². The SMILES string of the molecule is CCC1CCCCN1CC(=O)N1CCC([C@@H]2C[C@H](C(F)F)n3nc(C)cc3N2)CC1. The number of carbonyl (C=O) groups is 1. The average Bonchev–Trinajstić information content (AvgIpc) is 3.13. The number of piperidine rings is 2. The van der Waals surface area contributed by atoms with Crippen LogP contribution in [0.3, 0.4) is 0 Å². The molecule has 8 heteroatoms. The third-order valence-electron chi connectivity index (χ3n) is 7.31. The van der Waals surface area contributed by atoms with Crippen molar-refractivity contribution in [2.24, 2.45) is 5.92 Å². The zero-order valence-electron chi connectivity index (χ0n) is 18.2. The molecule has 0 saturated carbocycles. The van der Waals surface area contributed by atoms with E-state index in [4.69, 9.17) is 0 Å². The number of rotatable bonds is 5. The van der Waals surface area contributed by atoms with E-state index in [9.17, 15) is 13.6 Å². The molecule has 3 aliphatic heterocycles. The van der Waals surface area contributed by atoms with Gasteiger partial charge < -0.3 is 10.2 Å². The maximum absolute atomic E-state index is 13.7. The van der Waals surface area contributed by atoms with E-state index < -0.39 is 12.5 Å². The number of nitrogens with zero attached hydrogens (tertiary/aromatic N) is 4. The molecule has 6 nitrogen and oxygen atoms in total. The summed E-state index contributed by atoms with van der Waals surface area (Å²) in [6.07, 6.45) is 4.43. The van der Waals surface area contributed by atoms with E-state index in [0.717, 1.165) is 44.6 Å². The van der Waals surface area contributed by atoms with Crippen molar-refractivity contribution in [2.75, 3.05) is 31.5 Å². The molecule has 4 rings (SSSR count). The molecule has 30 heavy (non-hydrogen) atoms. The predicted octanol–water partition coefficient (Wildman–Crippen LogP) is 3.69. The van der Waals surface area contributed by atoms with Crippen molar-refractivity contribution in [2.45, 2.75) is 83.3 Å². The van der Waals surface area contributed by atoms with Gasteiger partial charge in [-0.25, -0.2) is 13.5 Å². The van der Waals surface area contributed by atoms with Crippen LogP contribution in [0.25, 0.3) is 0 Å². The summed E-state index contributed by atoms with van der Waals surface area (Å²) in [5, 5.41) is 7.70. The quantitative estimate of drug-likeness (QED) is 0.785. The number of hydrogen-bond donors (Lipinski definition) is 1. The average molecular weight is 424 g/mol. The van der Waals surface area contributed by atoms with Crippen LogP contribution in [0.5, 0.6) is 0 Å². The van der Waals surface area contributed by atoms with Gasteiger partial charge in [0.2, 0.25) is 5.91 Å². The summed E-state index contributed by atoms with van der Waals surface area (Å²) in [6, 6.07) is 1.52. The summed E-state index contributed by atoms with van der Waals surface area (Å²) in [7, 11) is 0. The number of amides is 1. The number of alkyl halides is 2. The first-order chi connectivity index (χ1) is 14.5. The fourth-order valence-electron chi connectivity index (χ4n) is 5.56. The summed E-state index contributed by atoms with van der Waals surface area (Å²) in [5.41, 5.74) is 0.757. The summed E-state index contributed by atoms with van der Waals surface area (Å²) in [6.45, 7) is 7.04. The lowest BCUT2D eigenvalue weighted by atomic mass is 9.85. The van der Waals surface area contributed by atoms with Gasteiger partial charge in [0.15, 0.2) is 0 Å². The van der Waals surface area contributed by atoms with Crippen molar-refractivity contribution in [3.63, 3.8) is 0 Å². The van der Waals surface area contributed by atoms with E-state index in [1.54, 1.807) is 0 Å². The minimum atomic E-state index is -2.43. The Bertz CT molecular complexity index is 731. The Hall–Kier alpha value is -1.70. The Morgan fingerprint density at radius 3 is 2.70 bits per heavy atom. The highest BCUT2D eigenvalue weighted by molar-refractivity contribution is 5.78. The molecular weight excluding hydrogens is 388 g/mol. The van der Waals surface area contributed by atoms with Crippen LogP contribution in [0, 0.1) is 12.8 Å². The maximum Gasteiger partial charge on any atom is 0.260 e. The molecule has 1 aromatic heterocycles. The van der Waals surface area contributed by atoms with Crippen LogP contribution in [-0.2, 0) is 4.79 Å². The Morgan fingerprint density at radius 2 is 2.00 bits per heavy atom. The highest BCUT2D eigenvalue weighted by atomic mass is 19.3. The molecule has 168 valence electrons. The van der Waals surface area contributed by atoms with Crippen LogP contribution in [-0.4, -0.2) is 70.2 Å². The van der Waals surface area contributed by atoms with Gasteiger partial charge in [-0.3, -0.25) is 9.69 Å². The molecule has 4 heterocycles. The molecule has 1 unspecified atom stereocenters. The molecule has 1 N–H and O–H groups in total. The van der Waals surface area contributed by atoms with Gasteiger partial charge in [0.25, 0.3) is 6.43 Å². The fourth-order valence-corrected chi connectivity index (χ4v) is 5.56. The van der Waals surface area contributed by atoms with Crippen LogP contribution in [0.2, 0.25) is 0 Å². The smallest absolute Gasteiger partial charge is 0.260 e. The first-order valence-electron chi connectivity index (χ1n) is 11.6. The van der Waals surface area contributed by atoms with Crippen LogP contribution in [0.1, 0.15) is 63.6 Å². The number of nitrogens with one attached hydrogen (secondary N) is 1. The highest BCUT2D eigenvalue weighted by Gasteiger charge is 2.38.